The molecule has 2 rings (SSSR count). The van der Waals surface area contributed by atoms with E-state index in [9.17, 15) is 9.59 Å². The third-order valence-electron chi connectivity index (χ3n) is 2.72. The first kappa shape index (κ1) is 15.1. The average Bonchev–Trinajstić information content (AvgIpc) is 2.81. The van der Waals surface area contributed by atoms with Crippen LogP contribution in [0, 0.1) is 0 Å². The van der Waals surface area contributed by atoms with Crippen molar-refractivity contribution in [3.8, 4) is 0 Å². The van der Waals surface area contributed by atoms with Crippen molar-refractivity contribution >= 4 is 11.6 Å². The van der Waals surface area contributed by atoms with Crippen LogP contribution < -0.4 is 10.9 Å². The maximum atomic E-state index is 12.4. The van der Waals surface area contributed by atoms with E-state index >= 15 is 0 Å². The lowest BCUT2D eigenvalue weighted by molar-refractivity contribution is -0.137. The van der Waals surface area contributed by atoms with Gasteiger partial charge in [-0.15, -0.1) is 0 Å². The van der Waals surface area contributed by atoms with Crippen LogP contribution >= 0.6 is 0 Å². The molecule has 0 aliphatic heterocycles. The van der Waals surface area contributed by atoms with Crippen molar-refractivity contribution in [2.24, 2.45) is 0 Å². The highest BCUT2D eigenvalue weighted by Gasteiger charge is 2.27. The molecule has 6 heteroatoms. The van der Waals surface area contributed by atoms with E-state index in [0.29, 0.717) is 0 Å². The molecular weight excluding hydrogens is 270 g/mol. The Hall–Kier alpha value is -2.34. The standard InChI is InChI=1S/C15H19N3O3/c1-15(2,3)21-12(10-7-5-4-6-8-10)14(20)17-11-9-16-18-13(11)19/h4-9,12H,1-3H3,(H,17,20)(H2,16,18,19). The smallest absolute Gasteiger partial charge is 0.287 e. The highest BCUT2D eigenvalue weighted by Crippen LogP contribution is 2.25. The number of hydrogen-bond acceptors (Lipinski definition) is 3. The van der Waals surface area contributed by atoms with Crippen LogP contribution in [0.1, 0.15) is 32.4 Å². The lowest BCUT2D eigenvalue weighted by Crippen LogP contribution is -2.31. The highest BCUT2D eigenvalue weighted by molar-refractivity contribution is 5.94. The fourth-order valence-corrected chi connectivity index (χ4v) is 1.85. The second-order valence-electron chi connectivity index (χ2n) is 5.67. The number of amides is 1. The van der Waals surface area contributed by atoms with Gasteiger partial charge in [-0.05, 0) is 26.3 Å². The summed E-state index contributed by atoms with van der Waals surface area (Å²) in [5.41, 5.74) is 0.0174. The molecule has 1 atom stereocenters. The number of aromatic amines is 2. The second-order valence-corrected chi connectivity index (χ2v) is 5.67. The molecule has 6 nitrogen and oxygen atoms in total. The number of ether oxygens (including phenoxy) is 1. The van der Waals surface area contributed by atoms with Gasteiger partial charge in [0.15, 0.2) is 6.10 Å². The molecule has 1 amide bonds. The van der Waals surface area contributed by atoms with Gasteiger partial charge in [-0.2, -0.15) is 0 Å². The van der Waals surface area contributed by atoms with Crippen LogP contribution in [0.4, 0.5) is 5.69 Å². The summed E-state index contributed by atoms with van der Waals surface area (Å²) in [5, 5.41) is 7.47. The maximum Gasteiger partial charge on any atom is 0.287 e. The van der Waals surface area contributed by atoms with E-state index in [1.54, 1.807) is 0 Å². The molecule has 112 valence electrons. The molecule has 0 aliphatic carbocycles. The minimum atomic E-state index is -0.791. The van der Waals surface area contributed by atoms with Crippen LogP contribution in [-0.2, 0) is 9.53 Å². The normalized spacial score (nSPS) is 12.9. The molecule has 2 aromatic rings. The van der Waals surface area contributed by atoms with Crippen molar-refractivity contribution in [2.75, 3.05) is 5.32 Å². The highest BCUT2D eigenvalue weighted by atomic mass is 16.5. The van der Waals surface area contributed by atoms with Crippen LogP contribution in [-0.4, -0.2) is 21.7 Å². The molecule has 0 spiro atoms. The third-order valence-corrected chi connectivity index (χ3v) is 2.72. The Bertz CT molecular complexity index is 653. The van der Waals surface area contributed by atoms with Gasteiger partial charge in [0.1, 0.15) is 5.69 Å². The molecule has 1 heterocycles. The van der Waals surface area contributed by atoms with E-state index < -0.39 is 11.7 Å². The van der Waals surface area contributed by atoms with Crippen LogP contribution in [0.3, 0.4) is 0 Å². The predicted molar refractivity (Wildman–Crippen MR) is 80.1 cm³/mol. The molecule has 1 aromatic heterocycles. The molecule has 0 bridgehead atoms. The van der Waals surface area contributed by atoms with Crippen molar-refractivity contribution in [3.63, 3.8) is 0 Å². The van der Waals surface area contributed by atoms with Crippen molar-refractivity contribution in [2.45, 2.75) is 32.5 Å². The summed E-state index contributed by atoms with van der Waals surface area (Å²) in [6.45, 7) is 5.62. The second kappa shape index (κ2) is 5.97. The van der Waals surface area contributed by atoms with E-state index in [0.717, 1.165) is 5.56 Å². The lowest BCUT2D eigenvalue weighted by Gasteiger charge is -2.27. The van der Waals surface area contributed by atoms with Crippen LogP contribution in [0.25, 0.3) is 0 Å². The van der Waals surface area contributed by atoms with Gasteiger partial charge in [0.05, 0.1) is 5.60 Å². The summed E-state index contributed by atoms with van der Waals surface area (Å²) >= 11 is 0. The van der Waals surface area contributed by atoms with Gasteiger partial charge in [0.2, 0.25) is 0 Å². The molecule has 0 saturated heterocycles. The zero-order valence-electron chi connectivity index (χ0n) is 12.3. The van der Waals surface area contributed by atoms with Gasteiger partial charge in [0, 0.05) is 6.20 Å². The molecule has 3 N–H and O–H groups in total. The van der Waals surface area contributed by atoms with E-state index in [1.165, 1.54) is 6.20 Å². The Kier molecular flexibility index (Phi) is 4.28. The van der Waals surface area contributed by atoms with Gasteiger partial charge in [-0.25, -0.2) is 0 Å². The quantitative estimate of drug-likeness (QED) is 0.806. The van der Waals surface area contributed by atoms with Gasteiger partial charge in [-0.3, -0.25) is 14.7 Å². The number of carbonyl (C=O) groups excluding carboxylic acids is 1. The van der Waals surface area contributed by atoms with E-state index in [-0.39, 0.29) is 17.2 Å². The molecule has 0 radical (unpaired) electrons. The number of nitrogens with one attached hydrogen (secondary N) is 3. The van der Waals surface area contributed by atoms with Crippen molar-refractivity contribution in [1.29, 1.82) is 0 Å². The number of H-pyrrole nitrogens is 2. The fourth-order valence-electron chi connectivity index (χ4n) is 1.85. The van der Waals surface area contributed by atoms with Gasteiger partial charge < -0.3 is 15.2 Å². The number of hydrogen-bond donors (Lipinski definition) is 3. The summed E-state index contributed by atoms with van der Waals surface area (Å²) in [4.78, 5) is 23.9. The zero-order valence-corrected chi connectivity index (χ0v) is 12.3. The van der Waals surface area contributed by atoms with Gasteiger partial charge in [0.25, 0.3) is 11.5 Å². The molecule has 0 fully saturated rings. The molecular formula is C15H19N3O3. The van der Waals surface area contributed by atoms with E-state index in [2.05, 4.69) is 15.5 Å². The van der Waals surface area contributed by atoms with Crippen LogP contribution in [0.5, 0.6) is 0 Å². The minimum Gasteiger partial charge on any atom is -0.358 e. The Morgan fingerprint density at radius 1 is 1.24 bits per heavy atom. The topological polar surface area (TPSA) is 87.0 Å². The number of aromatic nitrogens is 2. The first-order valence-electron chi connectivity index (χ1n) is 6.66. The van der Waals surface area contributed by atoms with E-state index in [4.69, 9.17) is 4.74 Å². The zero-order chi connectivity index (χ0) is 15.5. The van der Waals surface area contributed by atoms with E-state index in [1.807, 2.05) is 51.1 Å². The number of anilines is 1. The Balaban J connectivity index is 2.25. The van der Waals surface area contributed by atoms with Crippen LogP contribution in [0.2, 0.25) is 0 Å². The largest absolute Gasteiger partial charge is 0.358 e. The molecule has 21 heavy (non-hydrogen) atoms. The monoisotopic (exact) mass is 289 g/mol. The fraction of sp³-hybridized carbons (Fsp3) is 0.333. The van der Waals surface area contributed by atoms with Crippen molar-refractivity contribution in [3.05, 3.63) is 52.4 Å². The predicted octanol–water partition coefficient (Wildman–Crippen LogP) is 2.20. The summed E-state index contributed by atoms with van der Waals surface area (Å²) in [7, 11) is 0. The van der Waals surface area contributed by atoms with Gasteiger partial charge in [-0.1, -0.05) is 30.3 Å². The minimum absolute atomic E-state index is 0.165. The summed E-state index contributed by atoms with van der Waals surface area (Å²) in [6, 6.07) is 9.18. The Morgan fingerprint density at radius 3 is 2.43 bits per heavy atom. The summed E-state index contributed by atoms with van der Waals surface area (Å²) in [5.74, 6) is -0.388. The lowest BCUT2D eigenvalue weighted by atomic mass is 10.1. The average molecular weight is 289 g/mol. The molecule has 0 saturated carbocycles. The number of carbonyl (C=O) groups is 1. The molecule has 0 aliphatic rings. The summed E-state index contributed by atoms with van der Waals surface area (Å²) < 4.78 is 5.84. The molecule has 1 unspecified atom stereocenters. The van der Waals surface area contributed by atoms with Gasteiger partial charge >= 0.3 is 0 Å². The Labute approximate surface area is 122 Å². The van der Waals surface area contributed by atoms with Crippen molar-refractivity contribution in [1.82, 2.24) is 10.2 Å². The maximum absolute atomic E-state index is 12.4. The molecule has 1 aromatic carbocycles. The van der Waals surface area contributed by atoms with Crippen LogP contribution in [0.15, 0.2) is 41.3 Å². The van der Waals surface area contributed by atoms with Crippen molar-refractivity contribution < 1.29 is 9.53 Å². The first-order chi connectivity index (χ1) is 9.87. The number of benzene rings is 1. The Morgan fingerprint density at radius 2 is 1.90 bits per heavy atom. The first-order valence-corrected chi connectivity index (χ1v) is 6.66. The SMILES string of the molecule is CC(C)(C)OC(C(=O)Nc1c[nH][nH]c1=O)c1ccccc1. The number of rotatable bonds is 4. The third kappa shape index (κ3) is 4.06. The summed E-state index contributed by atoms with van der Waals surface area (Å²) in [6.07, 6.45) is 0.611.